The molecule has 1 aliphatic carbocycles. The molecule has 2 aromatic rings. The number of hydrogen-bond acceptors (Lipinski definition) is 6. The van der Waals surface area contributed by atoms with E-state index in [1.165, 1.54) is 0 Å². The SMILES string of the molecule is O=C(c1n[nH]c2c1CCC2)N1CC2(C[C@@H](Oc3cnccn3)CCO2)C1. The Morgan fingerprint density at radius 3 is 3.12 bits per heavy atom. The van der Waals surface area contributed by atoms with Crippen LogP contribution in [0.4, 0.5) is 0 Å². The molecular formula is C18H21N5O3. The Bertz CT molecular complexity index is 815. The minimum atomic E-state index is -0.305. The highest BCUT2D eigenvalue weighted by Crippen LogP contribution is 2.36. The van der Waals surface area contributed by atoms with E-state index < -0.39 is 0 Å². The van der Waals surface area contributed by atoms with E-state index in [2.05, 4.69) is 20.2 Å². The van der Waals surface area contributed by atoms with Crippen molar-refractivity contribution in [2.24, 2.45) is 0 Å². The van der Waals surface area contributed by atoms with E-state index in [0.717, 1.165) is 43.4 Å². The van der Waals surface area contributed by atoms with Crippen molar-refractivity contribution in [2.45, 2.75) is 43.8 Å². The number of likely N-dealkylation sites (tertiary alicyclic amines) is 1. The Morgan fingerprint density at radius 2 is 2.27 bits per heavy atom. The molecule has 5 rings (SSSR count). The summed E-state index contributed by atoms with van der Waals surface area (Å²) in [6, 6.07) is 0. The number of rotatable bonds is 3. The Kier molecular flexibility index (Phi) is 3.66. The number of amides is 1. The zero-order chi connectivity index (χ0) is 17.6. The molecule has 4 heterocycles. The van der Waals surface area contributed by atoms with Crippen molar-refractivity contribution in [2.75, 3.05) is 19.7 Å². The van der Waals surface area contributed by atoms with E-state index >= 15 is 0 Å². The van der Waals surface area contributed by atoms with Crippen LogP contribution in [-0.2, 0) is 17.6 Å². The lowest BCUT2D eigenvalue weighted by Crippen LogP contribution is -2.67. The fourth-order valence-electron chi connectivity index (χ4n) is 4.26. The number of carbonyl (C=O) groups excluding carboxylic acids is 1. The molecular weight excluding hydrogens is 334 g/mol. The summed E-state index contributed by atoms with van der Waals surface area (Å²) < 4.78 is 12.0. The average Bonchev–Trinajstić information content (AvgIpc) is 3.24. The molecule has 2 saturated heterocycles. The predicted octanol–water partition coefficient (Wildman–Crippen LogP) is 1.14. The van der Waals surface area contributed by atoms with Crippen LogP contribution in [0.15, 0.2) is 18.6 Å². The van der Waals surface area contributed by atoms with Crippen molar-refractivity contribution in [3.8, 4) is 5.88 Å². The average molecular weight is 355 g/mol. The fourth-order valence-corrected chi connectivity index (χ4v) is 4.26. The van der Waals surface area contributed by atoms with Crippen LogP contribution in [0.2, 0.25) is 0 Å². The van der Waals surface area contributed by atoms with Gasteiger partial charge in [0.1, 0.15) is 11.7 Å². The maximum atomic E-state index is 12.8. The number of ether oxygens (including phenoxy) is 2. The Labute approximate surface area is 150 Å². The lowest BCUT2D eigenvalue weighted by atomic mass is 9.84. The maximum Gasteiger partial charge on any atom is 0.274 e. The summed E-state index contributed by atoms with van der Waals surface area (Å²) in [6.45, 7) is 1.81. The second kappa shape index (κ2) is 6.05. The van der Waals surface area contributed by atoms with Crippen molar-refractivity contribution in [1.82, 2.24) is 25.1 Å². The van der Waals surface area contributed by atoms with E-state index in [1.807, 2.05) is 4.90 Å². The van der Waals surface area contributed by atoms with Crippen LogP contribution >= 0.6 is 0 Å². The molecule has 26 heavy (non-hydrogen) atoms. The second-order valence-corrected chi connectivity index (χ2v) is 7.35. The molecule has 0 unspecified atom stereocenters. The molecule has 8 heteroatoms. The third-order valence-electron chi connectivity index (χ3n) is 5.53. The number of aromatic amines is 1. The summed E-state index contributed by atoms with van der Waals surface area (Å²) in [4.78, 5) is 22.8. The lowest BCUT2D eigenvalue weighted by molar-refractivity contribution is -0.174. The van der Waals surface area contributed by atoms with Crippen molar-refractivity contribution in [1.29, 1.82) is 0 Å². The molecule has 0 saturated carbocycles. The normalized spacial score (nSPS) is 23.5. The molecule has 1 spiro atoms. The minimum absolute atomic E-state index is 0.00981. The third-order valence-corrected chi connectivity index (χ3v) is 5.53. The quantitative estimate of drug-likeness (QED) is 0.887. The summed E-state index contributed by atoms with van der Waals surface area (Å²) in [5.74, 6) is 0.546. The first-order valence-corrected chi connectivity index (χ1v) is 9.14. The summed E-state index contributed by atoms with van der Waals surface area (Å²) >= 11 is 0. The number of fused-ring (bicyclic) bond motifs is 1. The minimum Gasteiger partial charge on any atom is -0.473 e. The van der Waals surface area contributed by atoms with Crippen LogP contribution in [-0.4, -0.2) is 62.4 Å². The third kappa shape index (κ3) is 2.65. The molecule has 3 aliphatic rings. The first-order valence-electron chi connectivity index (χ1n) is 9.14. The molecule has 0 radical (unpaired) electrons. The van der Waals surface area contributed by atoms with Crippen molar-refractivity contribution in [3.63, 3.8) is 0 Å². The van der Waals surface area contributed by atoms with E-state index in [-0.39, 0.29) is 17.6 Å². The number of hydrogen-bond donors (Lipinski definition) is 1. The number of aromatic nitrogens is 4. The summed E-state index contributed by atoms with van der Waals surface area (Å²) in [7, 11) is 0. The molecule has 1 N–H and O–H groups in total. The first kappa shape index (κ1) is 15.7. The zero-order valence-electron chi connectivity index (χ0n) is 14.5. The van der Waals surface area contributed by atoms with Gasteiger partial charge in [-0.25, -0.2) is 4.98 Å². The monoisotopic (exact) mass is 355 g/mol. The molecule has 2 aromatic heterocycles. The molecule has 1 atom stereocenters. The van der Waals surface area contributed by atoms with Gasteiger partial charge < -0.3 is 14.4 Å². The van der Waals surface area contributed by atoms with Gasteiger partial charge in [0, 0.05) is 36.5 Å². The molecule has 2 aliphatic heterocycles. The van der Waals surface area contributed by atoms with Crippen LogP contribution in [0.25, 0.3) is 0 Å². The van der Waals surface area contributed by atoms with Crippen LogP contribution in [0, 0.1) is 0 Å². The molecule has 0 aromatic carbocycles. The molecule has 8 nitrogen and oxygen atoms in total. The zero-order valence-corrected chi connectivity index (χ0v) is 14.5. The number of nitrogens with zero attached hydrogens (tertiary/aromatic N) is 4. The van der Waals surface area contributed by atoms with Crippen molar-refractivity contribution in [3.05, 3.63) is 35.5 Å². The number of nitrogens with one attached hydrogen (secondary N) is 1. The van der Waals surface area contributed by atoms with E-state index in [4.69, 9.17) is 9.47 Å². The van der Waals surface area contributed by atoms with E-state index in [1.54, 1.807) is 18.6 Å². The van der Waals surface area contributed by atoms with Gasteiger partial charge in [-0.1, -0.05) is 0 Å². The Morgan fingerprint density at radius 1 is 1.35 bits per heavy atom. The molecule has 136 valence electrons. The van der Waals surface area contributed by atoms with Gasteiger partial charge in [-0.2, -0.15) is 5.10 Å². The summed E-state index contributed by atoms with van der Waals surface area (Å²) in [5.41, 5.74) is 2.51. The number of H-pyrrole nitrogens is 1. The van der Waals surface area contributed by atoms with Crippen LogP contribution in [0.1, 0.15) is 41.0 Å². The highest BCUT2D eigenvalue weighted by Gasteiger charge is 2.50. The van der Waals surface area contributed by atoms with Crippen molar-refractivity contribution >= 4 is 5.91 Å². The first-order chi connectivity index (χ1) is 12.7. The van der Waals surface area contributed by atoms with Crippen molar-refractivity contribution < 1.29 is 14.3 Å². The lowest BCUT2D eigenvalue weighted by Gasteiger charge is -2.52. The van der Waals surface area contributed by atoms with E-state index in [0.29, 0.717) is 31.3 Å². The Hall–Kier alpha value is -2.48. The fraction of sp³-hybridized carbons (Fsp3) is 0.556. The largest absolute Gasteiger partial charge is 0.473 e. The summed E-state index contributed by atoms with van der Waals surface area (Å²) in [5, 5.41) is 7.26. The molecule has 2 fully saturated rings. The highest BCUT2D eigenvalue weighted by atomic mass is 16.5. The van der Waals surface area contributed by atoms with Crippen LogP contribution in [0.5, 0.6) is 5.88 Å². The van der Waals surface area contributed by atoms with Crippen LogP contribution < -0.4 is 4.74 Å². The van der Waals surface area contributed by atoms with Gasteiger partial charge >= 0.3 is 0 Å². The molecule has 0 bridgehead atoms. The standard InChI is InChI=1S/C18H21N5O3/c24-17(16-13-2-1-3-14(13)21-22-16)23-10-18(11-23)8-12(4-7-25-18)26-15-9-19-5-6-20-15/h5-6,9,12H,1-4,7-8,10-11H2,(H,21,22)/t12-/m0/s1. The van der Waals surface area contributed by atoms with E-state index in [9.17, 15) is 4.79 Å². The number of carbonyl (C=O) groups is 1. The van der Waals surface area contributed by atoms with Gasteiger partial charge in [-0.05, 0) is 19.3 Å². The number of aryl methyl sites for hydroxylation is 1. The van der Waals surface area contributed by atoms with Gasteiger partial charge in [0.25, 0.3) is 5.91 Å². The highest BCUT2D eigenvalue weighted by molar-refractivity contribution is 5.95. The topological polar surface area (TPSA) is 93.2 Å². The second-order valence-electron chi connectivity index (χ2n) is 7.35. The summed E-state index contributed by atoms with van der Waals surface area (Å²) in [6.07, 6.45) is 9.50. The molecule has 1 amide bonds. The van der Waals surface area contributed by atoms with Crippen LogP contribution in [0.3, 0.4) is 0 Å². The van der Waals surface area contributed by atoms with Gasteiger partial charge in [-0.15, -0.1) is 0 Å². The maximum absolute atomic E-state index is 12.8. The van der Waals surface area contributed by atoms with Gasteiger partial charge in [0.05, 0.1) is 25.9 Å². The smallest absolute Gasteiger partial charge is 0.274 e. The Balaban J connectivity index is 1.23. The van der Waals surface area contributed by atoms with Gasteiger partial charge in [0.2, 0.25) is 5.88 Å². The predicted molar refractivity (Wildman–Crippen MR) is 90.9 cm³/mol. The van der Waals surface area contributed by atoms with Gasteiger partial charge in [-0.3, -0.25) is 14.9 Å². The van der Waals surface area contributed by atoms with Gasteiger partial charge in [0.15, 0.2) is 5.69 Å².